The van der Waals surface area contributed by atoms with Crippen molar-refractivity contribution in [2.45, 2.75) is 18.6 Å². The molecule has 2 aromatic carbocycles. The number of benzene rings is 2. The number of amidine groups is 1. The van der Waals surface area contributed by atoms with Crippen LogP contribution in [0.5, 0.6) is 5.75 Å². The number of nitrogens with zero attached hydrogens (tertiary/aromatic N) is 2. The zero-order chi connectivity index (χ0) is 21.0. The van der Waals surface area contributed by atoms with Gasteiger partial charge in [-0.3, -0.25) is 15.0 Å². The second-order valence-electron chi connectivity index (χ2n) is 6.23. The van der Waals surface area contributed by atoms with Crippen molar-refractivity contribution in [3.05, 3.63) is 59.1 Å². The Labute approximate surface area is 177 Å². The lowest BCUT2D eigenvalue weighted by atomic mass is 10.1. The van der Waals surface area contributed by atoms with Gasteiger partial charge >= 0.3 is 0 Å². The maximum absolute atomic E-state index is 12.5. The number of carbonyl (C=O) groups is 2. The lowest BCUT2D eigenvalue weighted by Gasteiger charge is -2.27. The lowest BCUT2D eigenvalue weighted by molar-refractivity contribution is -0.129. The first-order valence-electron chi connectivity index (χ1n) is 8.71. The highest BCUT2D eigenvalue weighted by atomic mass is 35.5. The molecule has 0 radical (unpaired) electrons. The van der Waals surface area contributed by atoms with Crippen LogP contribution in [0.15, 0.2) is 53.6 Å². The van der Waals surface area contributed by atoms with Gasteiger partial charge in [0.05, 0.1) is 19.2 Å². The van der Waals surface area contributed by atoms with Crippen LogP contribution in [0.2, 0.25) is 5.02 Å². The molecule has 1 aliphatic rings. The Morgan fingerprint density at radius 2 is 1.90 bits per heavy atom. The minimum absolute atomic E-state index is 0.0492. The zero-order valence-electron chi connectivity index (χ0n) is 15.8. The van der Waals surface area contributed by atoms with Gasteiger partial charge in [-0.15, -0.1) is 0 Å². The number of carbonyl (C=O) groups excluding carboxylic acids is 2. The Morgan fingerprint density at radius 1 is 1.24 bits per heavy atom. The average Bonchev–Trinajstić information content (AvgIpc) is 2.71. The number of halogens is 1. The zero-order valence-corrected chi connectivity index (χ0v) is 17.4. The van der Waals surface area contributed by atoms with Crippen LogP contribution < -0.4 is 10.1 Å². The van der Waals surface area contributed by atoms with Gasteiger partial charge in [-0.2, -0.15) is 10.1 Å². The Morgan fingerprint density at radius 3 is 2.48 bits per heavy atom. The van der Waals surface area contributed by atoms with E-state index in [0.29, 0.717) is 22.2 Å². The first-order chi connectivity index (χ1) is 13.9. The van der Waals surface area contributed by atoms with E-state index in [0.717, 1.165) is 22.3 Å². The van der Waals surface area contributed by atoms with E-state index in [2.05, 4.69) is 10.4 Å². The fourth-order valence-corrected chi connectivity index (χ4v) is 3.66. The summed E-state index contributed by atoms with van der Waals surface area (Å²) < 4.78 is 5.09. The summed E-state index contributed by atoms with van der Waals surface area (Å²) in [5, 5.41) is 16.0. The van der Waals surface area contributed by atoms with E-state index in [-0.39, 0.29) is 17.5 Å². The summed E-state index contributed by atoms with van der Waals surface area (Å²) in [6.07, 6.45) is -0.0492. The van der Waals surface area contributed by atoms with Gasteiger partial charge < -0.3 is 10.1 Å². The van der Waals surface area contributed by atoms with Gasteiger partial charge in [0.1, 0.15) is 11.0 Å². The fraction of sp³-hybridized carbons (Fsp3) is 0.200. The van der Waals surface area contributed by atoms with E-state index >= 15 is 0 Å². The molecule has 29 heavy (non-hydrogen) atoms. The number of ether oxygens (including phenoxy) is 1. The van der Waals surface area contributed by atoms with Crippen LogP contribution in [-0.4, -0.2) is 40.1 Å². The van der Waals surface area contributed by atoms with Gasteiger partial charge in [-0.05, 0) is 48.9 Å². The standard InChI is InChI=1S/C20H19ClN4O3S/c1-12(13-3-5-14(21)6-4-13)24-25-18(26)11-17(29-20(25)22)19(27)23-15-7-9-16(28-2)10-8-15/h3-10,17,22H,11H2,1-2H3,(H,23,27)/b22-20?,24-12+. The molecular weight excluding hydrogens is 412 g/mol. The number of rotatable bonds is 5. The molecule has 1 unspecified atom stereocenters. The number of hydrogen-bond acceptors (Lipinski definition) is 6. The first-order valence-corrected chi connectivity index (χ1v) is 9.97. The van der Waals surface area contributed by atoms with E-state index in [1.165, 1.54) is 0 Å². The maximum atomic E-state index is 12.5. The molecule has 7 nitrogen and oxygen atoms in total. The number of nitrogens with one attached hydrogen (secondary N) is 2. The van der Waals surface area contributed by atoms with Crippen LogP contribution in [0, 0.1) is 5.41 Å². The van der Waals surface area contributed by atoms with Crippen LogP contribution in [0.25, 0.3) is 0 Å². The van der Waals surface area contributed by atoms with Crippen molar-refractivity contribution < 1.29 is 14.3 Å². The quantitative estimate of drug-likeness (QED) is 0.701. The Kier molecular flexibility index (Phi) is 6.56. The molecule has 1 fully saturated rings. The molecule has 1 aliphatic heterocycles. The molecular formula is C20H19ClN4O3S. The lowest BCUT2D eigenvalue weighted by Crippen LogP contribution is -2.42. The second-order valence-corrected chi connectivity index (χ2v) is 7.86. The van der Waals surface area contributed by atoms with Crippen LogP contribution in [-0.2, 0) is 9.59 Å². The molecule has 0 bridgehead atoms. The smallest absolute Gasteiger partial charge is 0.250 e. The fourth-order valence-electron chi connectivity index (χ4n) is 2.63. The molecule has 2 N–H and O–H groups in total. The van der Waals surface area contributed by atoms with Crippen LogP contribution in [0.3, 0.4) is 0 Å². The predicted molar refractivity (Wildman–Crippen MR) is 116 cm³/mol. The molecule has 1 saturated heterocycles. The van der Waals surface area contributed by atoms with Crippen molar-refractivity contribution in [3.63, 3.8) is 0 Å². The van der Waals surface area contributed by atoms with Crippen molar-refractivity contribution in [2.75, 3.05) is 12.4 Å². The van der Waals surface area contributed by atoms with E-state index in [1.807, 2.05) is 0 Å². The summed E-state index contributed by atoms with van der Waals surface area (Å²) in [6, 6.07) is 13.9. The van der Waals surface area contributed by atoms with Gasteiger partial charge in [-0.25, -0.2) is 0 Å². The van der Waals surface area contributed by atoms with E-state index in [4.69, 9.17) is 21.7 Å². The van der Waals surface area contributed by atoms with Gasteiger partial charge in [0, 0.05) is 10.7 Å². The highest BCUT2D eigenvalue weighted by Gasteiger charge is 2.35. The predicted octanol–water partition coefficient (Wildman–Crippen LogP) is 3.98. The number of methoxy groups -OCH3 is 1. The number of hydrogen-bond donors (Lipinski definition) is 2. The van der Waals surface area contributed by atoms with Crippen LogP contribution in [0.4, 0.5) is 5.69 Å². The highest BCUT2D eigenvalue weighted by Crippen LogP contribution is 2.28. The Bertz CT molecular complexity index is 943. The van der Waals surface area contributed by atoms with Crippen molar-refractivity contribution >= 4 is 51.7 Å². The summed E-state index contributed by atoms with van der Waals surface area (Å²) >= 11 is 6.88. The molecule has 150 valence electrons. The third-order valence-corrected chi connectivity index (χ3v) is 5.52. The van der Waals surface area contributed by atoms with Crippen molar-refractivity contribution in [3.8, 4) is 5.75 Å². The normalized spacial score (nSPS) is 17.3. The second kappa shape index (κ2) is 9.11. The molecule has 0 aromatic heterocycles. The van der Waals surface area contributed by atoms with E-state index < -0.39 is 11.2 Å². The number of anilines is 1. The van der Waals surface area contributed by atoms with Gasteiger partial charge in [0.2, 0.25) is 5.91 Å². The largest absolute Gasteiger partial charge is 0.497 e. The number of amides is 2. The summed E-state index contributed by atoms with van der Waals surface area (Å²) in [7, 11) is 1.56. The minimum Gasteiger partial charge on any atom is -0.497 e. The van der Waals surface area contributed by atoms with Crippen molar-refractivity contribution in [1.29, 1.82) is 5.41 Å². The van der Waals surface area contributed by atoms with Crippen molar-refractivity contribution in [1.82, 2.24) is 5.01 Å². The SMILES string of the molecule is COc1ccc(NC(=O)C2CC(=O)N(/N=C(\C)c3ccc(Cl)cc3)C(=N)S2)cc1. The minimum atomic E-state index is -0.695. The van der Waals surface area contributed by atoms with Gasteiger partial charge in [0.25, 0.3) is 5.91 Å². The van der Waals surface area contributed by atoms with Crippen LogP contribution >= 0.6 is 23.4 Å². The Balaban J connectivity index is 1.66. The molecule has 0 saturated carbocycles. The molecule has 1 atom stereocenters. The summed E-state index contributed by atoms with van der Waals surface area (Å²) in [5.41, 5.74) is 1.95. The monoisotopic (exact) mass is 430 g/mol. The maximum Gasteiger partial charge on any atom is 0.250 e. The summed E-state index contributed by atoms with van der Waals surface area (Å²) in [6.45, 7) is 1.75. The summed E-state index contributed by atoms with van der Waals surface area (Å²) in [4.78, 5) is 25.0. The third-order valence-electron chi connectivity index (χ3n) is 4.20. The molecule has 9 heteroatoms. The highest BCUT2D eigenvalue weighted by molar-refractivity contribution is 8.14. The molecule has 0 spiro atoms. The van der Waals surface area contributed by atoms with Crippen LogP contribution in [0.1, 0.15) is 18.9 Å². The number of hydrazone groups is 1. The number of thioether (sulfide) groups is 1. The average molecular weight is 431 g/mol. The Hall–Kier alpha value is -2.84. The molecule has 1 heterocycles. The van der Waals surface area contributed by atoms with Gasteiger partial charge in [0.15, 0.2) is 5.17 Å². The van der Waals surface area contributed by atoms with Gasteiger partial charge in [-0.1, -0.05) is 35.5 Å². The van der Waals surface area contributed by atoms with E-state index in [9.17, 15) is 9.59 Å². The molecule has 2 aromatic rings. The molecule has 0 aliphatic carbocycles. The topological polar surface area (TPSA) is 94.8 Å². The third kappa shape index (κ3) is 5.16. The summed E-state index contributed by atoms with van der Waals surface area (Å²) in [5.74, 6) is -0.0650. The molecule has 2 amide bonds. The molecule has 3 rings (SSSR count). The van der Waals surface area contributed by atoms with Crippen molar-refractivity contribution in [2.24, 2.45) is 5.10 Å². The van der Waals surface area contributed by atoms with E-state index in [1.54, 1.807) is 62.6 Å². The first kappa shape index (κ1) is 20.9.